The van der Waals surface area contributed by atoms with E-state index < -0.39 is 13.0 Å². The Balaban J connectivity index is 1.83. The summed E-state index contributed by atoms with van der Waals surface area (Å²) < 4.78 is 11.0. The third-order valence-corrected chi connectivity index (χ3v) is 11.4. The molecule has 0 bridgehead atoms. The highest BCUT2D eigenvalue weighted by Gasteiger charge is 2.29. The van der Waals surface area contributed by atoms with E-state index in [0.717, 1.165) is 40.7 Å². The Hall–Kier alpha value is -3.94. The highest BCUT2D eigenvalue weighted by Crippen LogP contribution is 2.47. The van der Waals surface area contributed by atoms with Gasteiger partial charge in [0.2, 0.25) is 0 Å². The summed E-state index contributed by atoms with van der Waals surface area (Å²) in [6, 6.07) is 37.8. The molecule has 0 aromatic heterocycles. The van der Waals surface area contributed by atoms with Gasteiger partial charge in [0.25, 0.3) is 0 Å². The van der Waals surface area contributed by atoms with Crippen LogP contribution in [-0.4, -0.2) is 12.6 Å². The zero-order chi connectivity index (χ0) is 31.0. The number of nitrogens with zero attached hydrogens (tertiary/aromatic N) is 1. The van der Waals surface area contributed by atoms with Gasteiger partial charge in [-0.15, -0.1) is 0 Å². The van der Waals surface area contributed by atoms with E-state index in [9.17, 15) is 4.79 Å². The number of benzene rings is 4. The van der Waals surface area contributed by atoms with Gasteiger partial charge in [-0.2, -0.15) is 0 Å². The fraction of sp³-hybridized carbons (Fsp3) is 0.275. The van der Waals surface area contributed by atoms with Gasteiger partial charge >= 0.3 is 5.97 Å². The number of carbonyl (C=O) groups excluding carboxylic acids is 1. The lowest BCUT2D eigenvalue weighted by molar-refractivity contribution is -0.138. The number of esters is 1. The van der Waals surface area contributed by atoms with Crippen molar-refractivity contribution in [3.05, 3.63) is 144 Å². The Morgan fingerprint density at radius 2 is 1.27 bits per heavy atom. The molecule has 0 unspecified atom stereocenters. The van der Waals surface area contributed by atoms with Crippen molar-refractivity contribution in [1.82, 2.24) is 0 Å². The predicted octanol–water partition coefficient (Wildman–Crippen LogP) is 9.40. The molecule has 0 saturated carbocycles. The largest absolute Gasteiger partial charge is 0.461 e. The number of ether oxygens (including phenoxy) is 1. The van der Waals surface area contributed by atoms with Gasteiger partial charge in [-0.1, -0.05) is 161 Å². The van der Waals surface area contributed by atoms with Crippen molar-refractivity contribution in [3.63, 3.8) is 0 Å². The Kier molecular flexibility index (Phi) is 13.0. The van der Waals surface area contributed by atoms with E-state index in [0.29, 0.717) is 5.70 Å². The minimum absolute atomic E-state index is 0.281. The molecule has 0 fully saturated rings. The Morgan fingerprint density at radius 3 is 1.80 bits per heavy atom. The molecule has 0 spiro atoms. The number of aryl methyl sites for hydroxylation is 2. The maximum Gasteiger partial charge on any atom is 0.356 e. The third kappa shape index (κ3) is 8.58. The monoisotopic (exact) mass is 603 g/mol. The first kappa shape index (κ1) is 33.0. The summed E-state index contributed by atoms with van der Waals surface area (Å²) >= 11 is 0. The normalized spacial score (nSPS) is 11.9. The molecule has 0 heterocycles. The fourth-order valence-corrected chi connectivity index (χ4v) is 9.07. The van der Waals surface area contributed by atoms with Crippen molar-refractivity contribution in [2.45, 2.75) is 65.7 Å². The summed E-state index contributed by atoms with van der Waals surface area (Å²) in [5.74, 6) is -0.418. The molecule has 4 aromatic carbocycles. The van der Waals surface area contributed by atoms with E-state index >= 15 is 0 Å². The number of unbranched alkanes of at least 4 members (excludes halogenated alkanes) is 3. The van der Waals surface area contributed by atoms with Gasteiger partial charge in [-0.25, -0.2) is 9.54 Å². The van der Waals surface area contributed by atoms with Crippen molar-refractivity contribution in [3.8, 4) is 0 Å². The van der Waals surface area contributed by atoms with Crippen molar-refractivity contribution < 1.29 is 9.53 Å². The van der Waals surface area contributed by atoms with Gasteiger partial charge in [0, 0.05) is 15.9 Å². The SMILES string of the molecule is CCCCCCc1ccc(C=CC=C(N=P(c2ccccc2)(c2ccccc2)c2ccccc2)C(=O)OCC)cc1CCC. The average molecular weight is 604 g/mol. The van der Waals surface area contributed by atoms with Gasteiger partial charge in [-0.3, -0.25) is 0 Å². The molecule has 4 aromatic rings. The molecule has 0 aliphatic heterocycles. The second-order valence-electron chi connectivity index (χ2n) is 11.0. The van der Waals surface area contributed by atoms with Crippen LogP contribution in [0.25, 0.3) is 6.08 Å². The van der Waals surface area contributed by atoms with E-state index in [2.05, 4.69) is 74.5 Å². The molecular formula is C40H46NO2P. The zero-order valence-corrected chi connectivity index (χ0v) is 27.4. The van der Waals surface area contributed by atoms with Gasteiger partial charge in [-0.05, 0) is 49.0 Å². The molecule has 3 nitrogen and oxygen atoms in total. The van der Waals surface area contributed by atoms with E-state index in [4.69, 9.17) is 9.48 Å². The van der Waals surface area contributed by atoms with E-state index in [1.807, 2.05) is 73.7 Å². The first-order valence-electron chi connectivity index (χ1n) is 16.1. The Labute approximate surface area is 264 Å². The molecule has 0 aliphatic carbocycles. The quantitative estimate of drug-likeness (QED) is 0.0446. The van der Waals surface area contributed by atoms with Crippen molar-refractivity contribution in [1.29, 1.82) is 0 Å². The lowest BCUT2D eigenvalue weighted by Crippen LogP contribution is -2.26. The first-order chi connectivity index (χ1) is 21.6. The van der Waals surface area contributed by atoms with Crippen LogP contribution in [0.4, 0.5) is 0 Å². The number of rotatable bonds is 15. The lowest BCUT2D eigenvalue weighted by atomic mass is 9.96. The molecule has 4 rings (SSSR count). The Morgan fingerprint density at radius 1 is 0.682 bits per heavy atom. The van der Waals surface area contributed by atoms with Crippen LogP contribution in [0.3, 0.4) is 0 Å². The van der Waals surface area contributed by atoms with Crippen LogP contribution in [-0.2, 0) is 22.4 Å². The van der Waals surface area contributed by atoms with Crippen molar-refractivity contribution in [2.75, 3.05) is 6.61 Å². The molecule has 0 aliphatic rings. The van der Waals surface area contributed by atoms with Crippen LogP contribution in [0.1, 0.15) is 69.6 Å². The molecular weight excluding hydrogens is 557 g/mol. The molecule has 0 radical (unpaired) electrons. The molecule has 0 amide bonds. The van der Waals surface area contributed by atoms with E-state index in [1.165, 1.54) is 36.8 Å². The lowest BCUT2D eigenvalue weighted by Gasteiger charge is -2.27. The van der Waals surface area contributed by atoms with Crippen molar-refractivity contribution >= 4 is 35.0 Å². The zero-order valence-electron chi connectivity index (χ0n) is 26.5. The molecule has 0 atom stereocenters. The minimum atomic E-state index is -2.62. The van der Waals surface area contributed by atoms with E-state index in [1.54, 1.807) is 0 Å². The molecule has 228 valence electrons. The van der Waals surface area contributed by atoms with Gasteiger partial charge in [0.1, 0.15) is 5.70 Å². The summed E-state index contributed by atoms with van der Waals surface area (Å²) in [7, 11) is -2.62. The molecule has 4 heteroatoms. The highest BCUT2D eigenvalue weighted by molar-refractivity contribution is 7.87. The second-order valence-corrected chi connectivity index (χ2v) is 14.0. The predicted molar refractivity (Wildman–Crippen MR) is 190 cm³/mol. The first-order valence-corrected chi connectivity index (χ1v) is 17.8. The van der Waals surface area contributed by atoms with Crippen LogP contribution in [0, 0.1) is 0 Å². The maximum absolute atomic E-state index is 13.5. The molecule has 0 saturated heterocycles. The van der Waals surface area contributed by atoms with Gasteiger partial charge in [0.05, 0.1) is 13.7 Å². The highest BCUT2D eigenvalue weighted by atomic mass is 31.2. The van der Waals surface area contributed by atoms with Crippen LogP contribution < -0.4 is 15.9 Å². The maximum atomic E-state index is 13.5. The average Bonchev–Trinajstić information content (AvgIpc) is 3.07. The second kappa shape index (κ2) is 17.4. The summed E-state index contributed by atoms with van der Waals surface area (Å²) in [6.07, 6.45) is 14.2. The van der Waals surface area contributed by atoms with Crippen LogP contribution in [0.5, 0.6) is 0 Å². The number of carbonyl (C=O) groups is 1. The molecule has 44 heavy (non-hydrogen) atoms. The van der Waals surface area contributed by atoms with Gasteiger partial charge in [0.15, 0.2) is 0 Å². The smallest absolute Gasteiger partial charge is 0.356 e. The van der Waals surface area contributed by atoms with Crippen LogP contribution in [0.2, 0.25) is 0 Å². The van der Waals surface area contributed by atoms with Crippen LogP contribution >= 0.6 is 7.05 Å². The summed E-state index contributed by atoms with van der Waals surface area (Å²) in [4.78, 5) is 13.5. The van der Waals surface area contributed by atoms with Crippen molar-refractivity contribution in [2.24, 2.45) is 4.74 Å². The summed E-state index contributed by atoms with van der Waals surface area (Å²) in [6.45, 7) is 6.60. The van der Waals surface area contributed by atoms with E-state index in [-0.39, 0.29) is 6.61 Å². The minimum Gasteiger partial charge on any atom is -0.461 e. The Bertz CT molecular complexity index is 1470. The number of hydrogen-bond donors (Lipinski definition) is 0. The summed E-state index contributed by atoms with van der Waals surface area (Å²) in [5, 5.41) is 3.24. The number of allylic oxidation sites excluding steroid dienone is 2. The molecule has 0 N–H and O–H groups in total. The van der Waals surface area contributed by atoms with Gasteiger partial charge < -0.3 is 4.74 Å². The van der Waals surface area contributed by atoms with Crippen LogP contribution in [0.15, 0.2) is 132 Å². The standard InChI is InChI=1S/C40H46NO2P/c1-4-7-8-12-22-34-31-30-33(32-35(34)20-5-2)21-19-29-39(40(42)43-6-3)41-44(36-23-13-9-14-24-36,37-25-15-10-16-26-37)38-27-17-11-18-28-38/h9-11,13-19,21,23-32H,4-8,12,20,22H2,1-3H3. The summed E-state index contributed by atoms with van der Waals surface area (Å²) in [5.41, 5.74) is 4.32. The fourth-order valence-electron chi connectivity index (χ4n) is 5.55. The number of hydrogen-bond acceptors (Lipinski definition) is 3. The topological polar surface area (TPSA) is 38.7 Å². The third-order valence-electron chi connectivity index (χ3n) is 7.72.